The van der Waals surface area contributed by atoms with Crippen LogP contribution in [0.5, 0.6) is 0 Å². The van der Waals surface area contributed by atoms with Crippen molar-refractivity contribution in [3.05, 3.63) is 0 Å². The number of hydrogen-bond acceptors (Lipinski definition) is 2. The van der Waals surface area contributed by atoms with Gasteiger partial charge in [-0.25, -0.2) is 5.32 Å². The van der Waals surface area contributed by atoms with Crippen molar-refractivity contribution in [2.75, 3.05) is 26.4 Å². The van der Waals surface area contributed by atoms with E-state index in [-0.39, 0.29) is 6.23 Å². The minimum atomic E-state index is 0.00806. The molecule has 59 valence electrons. The Morgan fingerprint density at radius 3 is 3.20 bits per heavy atom. The SMILES string of the molecule is CCCOC1COCC[N]1. The predicted molar refractivity (Wildman–Crippen MR) is 37.9 cm³/mol. The van der Waals surface area contributed by atoms with Gasteiger partial charge in [-0.15, -0.1) is 0 Å². The zero-order valence-corrected chi connectivity index (χ0v) is 6.38. The van der Waals surface area contributed by atoms with Crippen molar-refractivity contribution in [3.63, 3.8) is 0 Å². The summed E-state index contributed by atoms with van der Waals surface area (Å²) in [6.07, 6.45) is 1.06. The molecule has 1 saturated heterocycles. The fraction of sp³-hybridized carbons (Fsp3) is 1.00. The zero-order valence-electron chi connectivity index (χ0n) is 6.38. The van der Waals surface area contributed by atoms with E-state index in [1.165, 1.54) is 0 Å². The van der Waals surface area contributed by atoms with E-state index in [0.717, 1.165) is 26.2 Å². The van der Waals surface area contributed by atoms with Crippen molar-refractivity contribution in [2.24, 2.45) is 0 Å². The molecule has 10 heavy (non-hydrogen) atoms. The molecule has 0 N–H and O–H groups in total. The smallest absolute Gasteiger partial charge is 0.146 e. The van der Waals surface area contributed by atoms with Gasteiger partial charge in [0, 0.05) is 13.2 Å². The molecule has 0 spiro atoms. The first-order valence-electron chi connectivity index (χ1n) is 3.79. The van der Waals surface area contributed by atoms with Crippen LogP contribution in [0.1, 0.15) is 13.3 Å². The molecule has 3 nitrogen and oxygen atoms in total. The fourth-order valence-electron chi connectivity index (χ4n) is 0.853. The lowest BCUT2D eigenvalue weighted by atomic mass is 10.4. The Morgan fingerprint density at radius 1 is 1.70 bits per heavy atom. The minimum Gasteiger partial charge on any atom is -0.376 e. The van der Waals surface area contributed by atoms with Crippen LogP contribution >= 0.6 is 0 Å². The Bertz CT molecular complexity index is 81.7. The second-order valence-corrected chi connectivity index (χ2v) is 2.31. The van der Waals surface area contributed by atoms with Crippen LogP contribution in [-0.2, 0) is 9.47 Å². The molecular formula is C7H14NO2. The van der Waals surface area contributed by atoms with E-state index in [9.17, 15) is 0 Å². The van der Waals surface area contributed by atoms with Gasteiger partial charge in [-0.1, -0.05) is 6.92 Å². The van der Waals surface area contributed by atoms with Gasteiger partial charge >= 0.3 is 0 Å². The van der Waals surface area contributed by atoms with Crippen LogP contribution in [-0.4, -0.2) is 32.6 Å². The van der Waals surface area contributed by atoms with Gasteiger partial charge in [-0.05, 0) is 6.42 Å². The summed E-state index contributed by atoms with van der Waals surface area (Å²) < 4.78 is 10.5. The fourth-order valence-corrected chi connectivity index (χ4v) is 0.853. The van der Waals surface area contributed by atoms with Crippen LogP contribution in [0.4, 0.5) is 0 Å². The third-order valence-electron chi connectivity index (χ3n) is 1.34. The van der Waals surface area contributed by atoms with Crippen molar-refractivity contribution < 1.29 is 9.47 Å². The standard InChI is InChI=1S/C7H14NO2/c1-2-4-10-7-6-9-5-3-8-7/h7H,2-6H2,1H3. The molecule has 1 fully saturated rings. The molecule has 0 aliphatic carbocycles. The highest BCUT2D eigenvalue weighted by molar-refractivity contribution is 4.58. The molecule has 0 saturated carbocycles. The van der Waals surface area contributed by atoms with E-state index in [1.54, 1.807) is 0 Å². The summed E-state index contributed by atoms with van der Waals surface area (Å²) in [4.78, 5) is 0. The van der Waals surface area contributed by atoms with Crippen molar-refractivity contribution in [3.8, 4) is 0 Å². The maximum absolute atomic E-state index is 5.34. The topological polar surface area (TPSA) is 32.6 Å². The summed E-state index contributed by atoms with van der Waals surface area (Å²) in [5.41, 5.74) is 0. The first-order valence-corrected chi connectivity index (χ1v) is 3.79. The van der Waals surface area contributed by atoms with Crippen LogP contribution in [0.2, 0.25) is 0 Å². The van der Waals surface area contributed by atoms with E-state index < -0.39 is 0 Å². The van der Waals surface area contributed by atoms with Gasteiger partial charge in [-0.2, -0.15) is 0 Å². The Balaban J connectivity index is 2.02. The van der Waals surface area contributed by atoms with Gasteiger partial charge < -0.3 is 9.47 Å². The van der Waals surface area contributed by atoms with E-state index >= 15 is 0 Å². The minimum absolute atomic E-state index is 0.00806. The Morgan fingerprint density at radius 2 is 2.60 bits per heavy atom. The lowest BCUT2D eigenvalue weighted by Gasteiger charge is -2.21. The van der Waals surface area contributed by atoms with Crippen molar-refractivity contribution >= 4 is 0 Å². The third kappa shape index (κ3) is 2.64. The summed E-state index contributed by atoms with van der Waals surface area (Å²) >= 11 is 0. The first kappa shape index (κ1) is 7.98. The van der Waals surface area contributed by atoms with Gasteiger partial charge in [0.25, 0.3) is 0 Å². The van der Waals surface area contributed by atoms with Crippen LogP contribution < -0.4 is 5.32 Å². The zero-order chi connectivity index (χ0) is 7.23. The first-order chi connectivity index (χ1) is 4.93. The monoisotopic (exact) mass is 144 g/mol. The van der Waals surface area contributed by atoms with Crippen molar-refractivity contribution in [2.45, 2.75) is 19.6 Å². The van der Waals surface area contributed by atoms with Gasteiger partial charge in [0.2, 0.25) is 0 Å². The quantitative estimate of drug-likeness (QED) is 0.573. The van der Waals surface area contributed by atoms with Crippen molar-refractivity contribution in [1.82, 2.24) is 5.32 Å². The second kappa shape index (κ2) is 4.66. The summed E-state index contributed by atoms with van der Waals surface area (Å²) in [6.45, 7) is 5.06. The molecular weight excluding hydrogens is 130 g/mol. The highest BCUT2D eigenvalue weighted by Gasteiger charge is 2.13. The summed E-state index contributed by atoms with van der Waals surface area (Å²) in [5.74, 6) is 0. The van der Waals surface area contributed by atoms with E-state index in [1.807, 2.05) is 0 Å². The van der Waals surface area contributed by atoms with Gasteiger partial charge in [0.05, 0.1) is 13.2 Å². The average Bonchev–Trinajstić information content (AvgIpc) is 2.03. The largest absolute Gasteiger partial charge is 0.376 e. The molecule has 0 aromatic heterocycles. The number of ether oxygens (including phenoxy) is 2. The van der Waals surface area contributed by atoms with E-state index in [4.69, 9.17) is 9.47 Å². The maximum atomic E-state index is 5.34. The molecule has 1 aliphatic heterocycles. The number of hydrogen-bond donors (Lipinski definition) is 0. The number of morpholine rings is 1. The summed E-state index contributed by atoms with van der Waals surface area (Å²) in [5, 5.41) is 4.22. The molecule has 0 aromatic rings. The molecule has 1 radical (unpaired) electrons. The summed E-state index contributed by atoms with van der Waals surface area (Å²) in [7, 11) is 0. The highest BCUT2D eigenvalue weighted by Crippen LogP contribution is 1.97. The average molecular weight is 144 g/mol. The predicted octanol–water partition coefficient (Wildman–Crippen LogP) is 0.374. The number of rotatable bonds is 3. The van der Waals surface area contributed by atoms with Gasteiger partial charge in [0.1, 0.15) is 6.23 Å². The normalized spacial score (nSPS) is 26.7. The molecule has 1 atom stereocenters. The van der Waals surface area contributed by atoms with E-state index in [0.29, 0.717) is 6.61 Å². The molecule has 0 amide bonds. The molecule has 1 heterocycles. The maximum Gasteiger partial charge on any atom is 0.146 e. The lowest BCUT2D eigenvalue weighted by molar-refractivity contribution is -0.0634. The molecule has 1 aliphatic rings. The molecule has 1 rings (SSSR count). The van der Waals surface area contributed by atoms with E-state index in [2.05, 4.69) is 12.2 Å². The van der Waals surface area contributed by atoms with Crippen LogP contribution in [0.3, 0.4) is 0 Å². The molecule has 0 bridgehead atoms. The van der Waals surface area contributed by atoms with Crippen molar-refractivity contribution in [1.29, 1.82) is 0 Å². The third-order valence-corrected chi connectivity index (χ3v) is 1.34. The van der Waals surface area contributed by atoms with Crippen LogP contribution in [0, 0.1) is 0 Å². The molecule has 0 aromatic carbocycles. The molecule has 1 unspecified atom stereocenters. The van der Waals surface area contributed by atoms with Gasteiger partial charge in [0.15, 0.2) is 0 Å². The second-order valence-electron chi connectivity index (χ2n) is 2.31. The Labute approximate surface area is 61.7 Å². The van der Waals surface area contributed by atoms with Gasteiger partial charge in [-0.3, -0.25) is 0 Å². The highest BCUT2D eigenvalue weighted by atomic mass is 16.5. The Hall–Kier alpha value is -0.120. The summed E-state index contributed by atoms with van der Waals surface area (Å²) in [6, 6.07) is 0. The molecule has 3 heteroatoms. The van der Waals surface area contributed by atoms with Crippen LogP contribution in [0.25, 0.3) is 0 Å². The van der Waals surface area contributed by atoms with Crippen LogP contribution in [0.15, 0.2) is 0 Å². The number of nitrogens with zero attached hydrogens (tertiary/aromatic N) is 1. The Kier molecular flexibility index (Phi) is 3.72. The lowest BCUT2D eigenvalue weighted by Crippen LogP contribution is -2.37.